The van der Waals surface area contributed by atoms with Gasteiger partial charge in [0.25, 0.3) is 0 Å². The van der Waals surface area contributed by atoms with Gasteiger partial charge in [-0.2, -0.15) is 0 Å². The number of likely N-dealkylation sites (N-methyl/N-ethyl adjacent to an activating group) is 1. The molecule has 2 aromatic carbocycles. The van der Waals surface area contributed by atoms with Gasteiger partial charge in [-0.3, -0.25) is 4.99 Å². The van der Waals surface area contributed by atoms with Gasteiger partial charge in [0.2, 0.25) is 0 Å². The Bertz CT molecular complexity index is 762. The maximum Gasteiger partial charge on any atom is 0.195 e. The van der Waals surface area contributed by atoms with E-state index in [9.17, 15) is 0 Å². The van der Waals surface area contributed by atoms with Crippen LogP contribution < -0.4 is 20.1 Å². The fourth-order valence-corrected chi connectivity index (χ4v) is 3.02. The molecule has 0 aliphatic carbocycles. The normalized spacial score (nSPS) is 15.2. The topological polar surface area (TPSA) is 58.1 Å². The lowest BCUT2D eigenvalue weighted by Crippen LogP contribution is -2.37. The van der Waals surface area contributed by atoms with Gasteiger partial charge in [-0.15, -0.1) is 0 Å². The highest BCUT2D eigenvalue weighted by atomic mass is 16.5. The molecule has 0 radical (unpaired) electrons. The summed E-state index contributed by atoms with van der Waals surface area (Å²) in [4.78, 5) is 6.54. The highest BCUT2D eigenvalue weighted by Crippen LogP contribution is 2.32. The molecule has 2 N–H and O–H groups in total. The molecule has 1 atom stereocenters. The zero-order valence-corrected chi connectivity index (χ0v) is 16.2. The summed E-state index contributed by atoms with van der Waals surface area (Å²) in [7, 11) is 5.93. The third kappa shape index (κ3) is 5.14. The standard InChI is InChI=1S/C21H28N4O2/c1-22-21(23-15-18(25(2)3)16-8-5-4-6-9-16)24-17-10-11-19-20(14-17)27-13-7-12-26-19/h4-6,8-11,14,18H,7,12-13,15H2,1-3H3,(H2,22,23,24). The molecule has 0 amide bonds. The third-order valence-electron chi connectivity index (χ3n) is 4.50. The first kappa shape index (κ1) is 19.0. The summed E-state index contributed by atoms with van der Waals surface area (Å²) in [5.41, 5.74) is 2.18. The van der Waals surface area contributed by atoms with Crippen molar-refractivity contribution in [1.29, 1.82) is 0 Å². The van der Waals surface area contributed by atoms with Crippen molar-refractivity contribution in [1.82, 2.24) is 10.2 Å². The smallest absolute Gasteiger partial charge is 0.195 e. The molecule has 0 saturated heterocycles. The maximum atomic E-state index is 5.76. The van der Waals surface area contributed by atoms with Crippen LogP contribution in [-0.2, 0) is 0 Å². The molecule has 1 aliphatic rings. The number of hydrogen-bond acceptors (Lipinski definition) is 4. The Labute approximate surface area is 161 Å². The Hall–Kier alpha value is -2.73. The van der Waals surface area contributed by atoms with Crippen LogP contribution >= 0.6 is 0 Å². The van der Waals surface area contributed by atoms with Gasteiger partial charge in [0.05, 0.1) is 19.3 Å². The minimum atomic E-state index is 0.244. The molecule has 144 valence electrons. The van der Waals surface area contributed by atoms with Crippen molar-refractivity contribution in [2.75, 3.05) is 46.2 Å². The molecule has 27 heavy (non-hydrogen) atoms. The molecule has 6 nitrogen and oxygen atoms in total. The fourth-order valence-electron chi connectivity index (χ4n) is 3.02. The van der Waals surface area contributed by atoms with Crippen molar-refractivity contribution < 1.29 is 9.47 Å². The Balaban J connectivity index is 1.65. The molecule has 3 rings (SSSR count). The Morgan fingerprint density at radius 2 is 1.81 bits per heavy atom. The zero-order valence-electron chi connectivity index (χ0n) is 16.2. The molecular weight excluding hydrogens is 340 g/mol. The second-order valence-electron chi connectivity index (χ2n) is 6.68. The molecule has 0 bridgehead atoms. The van der Waals surface area contributed by atoms with E-state index in [0.29, 0.717) is 19.2 Å². The number of guanidine groups is 1. The average Bonchev–Trinajstić information content (AvgIpc) is 2.92. The largest absolute Gasteiger partial charge is 0.490 e. The number of benzene rings is 2. The minimum Gasteiger partial charge on any atom is -0.490 e. The van der Waals surface area contributed by atoms with Crippen molar-refractivity contribution >= 4 is 11.6 Å². The van der Waals surface area contributed by atoms with E-state index in [1.165, 1.54) is 5.56 Å². The summed E-state index contributed by atoms with van der Waals surface area (Å²) >= 11 is 0. The Morgan fingerprint density at radius 1 is 1.07 bits per heavy atom. The molecule has 0 aromatic heterocycles. The van der Waals surface area contributed by atoms with E-state index >= 15 is 0 Å². The van der Waals surface area contributed by atoms with E-state index in [0.717, 1.165) is 30.2 Å². The van der Waals surface area contributed by atoms with Gasteiger partial charge < -0.3 is 25.0 Å². The number of nitrogens with zero attached hydrogens (tertiary/aromatic N) is 2. The zero-order chi connectivity index (χ0) is 19.1. The van der Waals surface area contributed by atoms with Gasteiger partial charge in [0, 0.05) is 31.8 Å². The Kier molecular flexibility index (Phi) is 6.54. The van der Waals surface area contributed by atoms with Gasteiger partial charge in [-0.05, 0) is 31.8 Å². The molecule has 1 aliphatic heterocycles. The van der Waals surface area contributed by atoms with Gasteiger partial charge >= 0.3 is 0 Å². The van der Waals surface area contributed by atoms with Gasteiger partial charge in [0.15, 0.2) is 17.5 Å². The number of rotatable bonds is 5. The first-order chi connectivity index (χ1) is 13.2. The molecule has 1 heterocycles. The lowest BCUT2D eigenvalue weighted by atomic mass is 10.1. The Morgan fingerprint density at radius 3 is 2.52 bits per heavy atom. The van der Waals surface area contributed by atoms with E-state index in [4.69, 9.17) is 9.47 Å². The van der Waals surface area contributed by atoms with E-state index in [2.05, 4.69) is 58.9 Å². The van der Waals surface area contributed by atoms with Crippen LogP contribution in [0.25, 0.3) is 0 Å². The SMILES string of the molecule is CN=C(NCC(c1ccccc1)N(C)C)Nc1ccc2c(c1)OCCCO2. The molecule has 0 spiro atoms. The number of aliphatic imine (C=N–C) groups is 1. The second-order valence-corrected chi connectivity index (χ2v) is 6.68. The molecular formula is C21H28N4O2. The molecule has 2 aromatic rings. The van der Waals surface area contributed by atoms with Crippen molar-refractivity contribution in [2.45, 2.75) is 12.5 Å². The molecule has 1 unspecified atom stereocenters. The van der Waals surface area contributed by atoms with E-state index < -0.39 is 0 Å². The van der Waals surface area contributed by atoms with Crippen LogP contribution in [-0.4, -0.2) is 51.8 Å². The van der Waals surface area contributed by atoms with Crippen LogP contribution in [0, 0.1) is 0 Å². The summed E-state index contributed by atoms with van der Waals surface area (Å²) in [6, 6.07) is 16.6. The van der Waals surface area contributed by atoms with Crippen molar-refractivity contribution in [3.63, 3.8) is 0 Å². The van der Waals surface area contributed by atoms with Crippen molar-refractivity contribution in [3.05, 3.63) is 54.1 Å². The summed E-state index contributed by atoms with van der Waals surface area (Å²) in [6.45, 7) is 2.10. The minimum absolute atomic E-state index is 0.244. The number of fused-ring (bicyclic) bond motifs is 1. The van der Waals surface area contributed by atoms with Gasteiger partial charge in [-0.25, -0.2) is 0 Å². The lowest BCUT2D eigenvalue weighted by Gasteiger charge is -2.26. The van der Waals surface area contributed by atoms with Crippen LogP contribution in [0.4, 0.5) is 5.69 Å². The molecule has 6 heteroatoms. The van der Waals surface area contributed by atoms with Crippen LogP contribution in [0.15, 0.2) is 53.5 Å². The van der Waals surface area contributed by atoms with Gasteiger partial charge in [0.1, 0.15) is 0 Å². The highest BCUT2D eigenvalue weighted by Gasteiger charge is 2.15. The highest BCUT2D eigenvalue weighted by molar-refractivity contribution is 5.93. The first-order valence-corrected chi connectivity index (χ1v) is 9.26. The van der Waals surface area contributed by atoms with Gasteiger partial charge in [-0.1, -0.05) is 30.3 Å². The number of nitrogens with one attached hydrogen (secondary N) is 2. The summed E-state index contributed by atoms with van der Waals surface area (Å²) in [5.74, 6) is 2.27. The molecule has 0 fully saturated rings. The van der Waals surface area contributed by atoms with Crippen molar-refractivity contribution in [3.8, 4) is 11.5 Å². The predicted molar refractivity (Wildman–Crippen MR) is 110 cm³/mol. The third-order valence-corrected chi connectivity index (χ3v) is 4.50. The average molecular weight is 368 g/mol. The first-order valence-electron chi connectivity index (χ1n) is 9.26. The van der Waals surface area contributed by atoms with Crippen LogP contribution in [0.2, 0.25) is 0 Å². The maximum absolute atomic E-state index is 5.76. The summed E-state index contributed by atoms with van der Waals surface area (Å²) in [5, 5.41) is 6.75. The number of hydrogen-bond donors (Lipinski definition) is 2. The van der Waals surface area contributed by atoms with E-state index in [1.54, 1.807) is 7.05 Å². The summed E-state index contributed by atoms with van der Waals surface area (Å²) < 4.78 is 11.4. The van der Waals surface area contributed by atoms with Crippen LogP contribution in [0.5, 0.6) is 11.5 Å². The van der Waals surface area contributed by atoms with Crippen LogP contribution in [0.1, 0.15) is 18.0 Å². The summed E-state index contributed by atoms with van der Waals surface area (Å²) in [6.07, 6.45) is 0.895. The number of anilines is 1. The van der Waals surface area contributed by atoms with E-state index in [1.807, 2.05) is 24.3 Å². The van der Waals surface area contributed by atoms with Crippen molar-refractivity contribution in [2.24, 2.45) is 4.99 Å². The monoisotopic (exact) mass is 368 g/mol. The fraction of sp³-hybridized carbons (Fsp3) is 0.381. The quantitative estimate of drug-likeness (QED) is 0.627. The second kappa shape index (κ2) is 9.28. The van der Waals surface area contributed by atoms with E-state index in [-0.39, 0.29) is 6.04 Å². The van der Waals surface area contributed by atoms with Crippen LogP contribution in [0.3, 0.4) is 0 Å². The molecule has 0 saturated carbocycles. The lowest BCUT2D eigenvalue weighted by molar-refractivity contribution is 0.297. The number of ether oxygens (including phenoxy) is 2. The predicted octanol–water partition coefficient (Wildman–Crippen LogP) is 3.14.